The van der Waals surface area contributed by atoms with Gasteiger partial charge in [0.25, 0.3) is 6.29 Å². The predicted molar refractivity (Wildman–Crippen MR) is 350 cm³/mol. The highest BCUT2D eigenvalue weighted by atomic mass is 16.7. The van der Waals surface area contributed by atoms with Crippen molar-refractivity contribution >= 4 is 17.9 Å². The van der Waals surface area contributed by atoms with E-state index in [1.54, 1.807) is 0 Å². The van der Waals surface area contributed by atoms with Gasteiger partial charge in [0.15, 0.2) is 6.10 Å². The Labute approximate surface area is 504 Å². The SMILES string of the molecule is CC/C=C\C/C=C\C/C=C\C/C=C\C/C=C\C/C=C\C/C=C\C/C=C\C/C=C\C/C=C\CCCCCCCCCCC(=O)OC(COC(=O)CCCCCCCCCCCCCCCCCCCC)COC(OCC[N+](C)(C)C)C(=O)O. The van der Waals surface area contributed by atoms with Crippen molar-refractivity contribution in [3.63, 3.8) is 0 Å². The van der Waals surface area contributed by atoms with Crippen LogP contribution in [-0.4, -0.2) is 87.4 Å². The first-order valence-electron chi connectivity index (χ1n) is 33.2. The van der Waals surface area contributed by atoms with E-state index in [9.17, 15) is 19.5 Å². The Hall–Kier alpha value is -4.31. The maximum absolute atomic E-state index is 12.9. The second-order valence-electron chi connectivity index (χ2n) is 23.1. The molecule has 0 aliphatic rings. The molecule has 0 rings (SSSR count). The quantitative estimate of drug-likeness (QED) is 0.0211. The number of rotatable bonds is 60. The number of hydrogen-bond donors (Lipinski definition) is 1. The minimum atomic E-state index is -1.52. The number of carbonyl (C=O) groups excluding carboxylic acids is 2. The smallest absolute Gasteiger partial charge is 0.361 e. The molecule has 0 aliphatic heterocycles. The average Bonchev–Trinajstić information content (AvgIpc) is 3.45. The van der Waals surface area contributed by atoms with Crippen molar-refractivity contribution in [2.24, 2.45) is 0 Å². The standard InChI is InChI=1S/C73H123NO8/c1-6-8-10-12-14-16-18-20-22-24-26-27-28-29-30-31-32-33-34-35-36-37-38-39-40-41-42-43-44-45-46-48-50-52-54-56-58-60-62-64-71(76)82-69(68-81-73(72(77)78)79-66-65-74(3,4)5)67-80-70(75)63-61-59-57-55-53-51-49-47-25-23-21-19-17-15-13-11-9-7-2/h8,10,14,16,20,22,26-27,29-30,32-33,35-36,38-39,41-42,44-45,69,73H,6-7,9,11-13,15,17-19,21,23-25,28,31,34,37,40,43,46-68H2,1-5H3/p+1/b10-8-,16-14-,22-20-,27-26-,30-29-,33-32-,36-35-,39-38-,42-41-,45-44-. The fourth-order valence-electron chi connectivity index (χ4n) is 8.92. The van der Waals surface area contributed by atoms with Gasteiger partial charge >= 0.3 is 17.9 Å². The summed E-state index contributed by atoms with van der Waals surface area (Å²) < 4.78 is 22.9. The summed E-state index contributed by atoms with van der Waals surface area (Å²) in [5.74, 6) is -2.01. The number of unbranched alkanes of at least 4 members (excludes halogenated alkanes) is 25. The normalized spacial score (nSPS) is 13.5. The molecule has 0 heterocycles. The van der Waals surface area contributed by atoms with Crippen molar-refractivity contribution in [2.45, 2.75) is 277 Å². The first-order chi connectivity index (χ1) is 40.1. The van der Waals surface area contributed by atoms with E-state index in [4.69, 9.17) is 18.9 Å². The average molecular weight is 1140 g/mol. The van der Waals surface area contributed by atoms with Gasteiger partial charge in [0.1, 0.15) is 13.2 Å². The molecule has 0 aliphatic carbocycles. The minimum Gasteiger partial charge on any atom is -0.477 e. The zero-order valence-corrected chi connectivity index (χ0v) is 53.4. The molecule has 9 heteroatoms. The van der Waals surface area contributed by atoms with Crippen molar-refractivity contribution in [2.75, 3.05) is 47.5 Å². The Morgan fingerprint density at radius 2 is 0.695 bits per heavy atom. The summed E-state index contributed by atoms with van der Waals surface area (Å²) in [5.41, 5.74) is 0. The fraction of sp³-hybridized carbons (Fsp3) is 0.685. The second kappa shape index (κ2) is 62.7. The maximum Gasteiger partial charge on any atom is 0.361 e. The van der Waals surface area contributed by atoms with Gasteiger partial charge in [-0.05, 0) is 89.9 Å². The minimum absolute atomic E-state index is 0.182. The molecule has 0 aromatic carbocycles. The highest BCUT2D eigenvalue weighted by molar-refractivity contribution is 5.71. The van der Waals surface area contributed by atoms with Gasteiger partial charge in [0.05, 0.1) is 34.4 Å². The van der Waals surface area contributed by atoms with Gasteiger partial charge in [-0.1, -0.05) is 283 Å². The van der Waals surface area contributed by atoms with Gasteiger partial charge in [-0.2, -0.15) is 0 Å². The first-order valence-corrected chi connectivity index (χ1v) is 33.2. The van der Waals surface area contributed by atoms with Crippen LogP contribution in [0.5, 0.6) is 0 Å². The molecule has 0 fully saturated rings. The van der Waals surface area contributed by atoms with Gasteiger partial charge in [0, 0.05) is 12.8 Å². The van der Waals surface area contributed by atoms with E-state index in [0.29, 0.717) is 23.9 Å². The molecule has 468 valence electrons. The molecule has 0 bridgehead atoms. The third-order valence-electron chi connectivity index (χ3n) is 14.0. The summed E-state index contributed by atoms with van der Waals surface area (Å²) in [5, 5.41) is 9.72. The summed E-state index contributed by atoms with van der Waals surface area (Å²) in [4.78, 5) is 37.5. The lowest BCUT2D eigenvalue weighted by molar-refractivity contribution is -0.870. The highest BCUT2D eigenvalue weighted by Crippen LogP contribution is 2.16. The number of carbonyl (C=O) groups is 3. The number of allylic oxidation sites excluding steroid dienone is 20. The van der Waals surface area contributed by atoms with Crippen LogP contribution in [-0.2, 0) is 33.3 Å². The van der Waals surface area contributed by atoms with Crippen LogP contribution in [0.3, 0.4) is 0 Å². The monoisotopic (exact) mass is 1140 g/mol. The van der Waals surface area contributed by atoms with Crippen LogP contribution < -0.4 is 0 Å². The number of hydrogen-bond acceptors (Lipinski definition) is 7. The summed E-state index contributed by atoms with van der Waals surface area (Å²) in [6.45, 7) is 4.77. The molecular formula is C73H124NO8+. The van der Waals surface area contributed by atoms with Crippen molar-refractivity contribution in [3.8, 4) is 0 Å². The van der Waals surface area contributed by atoms with Gasteiger partial charge in [0.2, 0.25) is 0 Å². The topological polar surface area (TPSA) is 108 Å². The van der Waals surface area contributed by atoms with Crippen molar-refractivity contribution < 1.29 is 42.9 Å². The van der Waals surface area contributed by atoms with Gasteiger partial charge in [-0.3, -0.25) is 9.59 Å². The van der Waals surface area contributed by atoms with E-state index >= 15 is 0 Å². The number of quaternary nitrogens is 1. The Balaban J connectivity index is 4.18. The number of carboxylic acid groups (broad SMARTS) is 1. The van der Waals surface area contributed by atoms with Crippen molar-refractivity contribution in [3.05, 3.63) is 122 Å². The van der Waals surface area contributed by atoms with Crippen LogP contribution >= 0.6 is 0 Å². The lowest BCUT2D eigenvalue weighted by Crippen LogP contribution is -2.40. The molecule has 0 aromatic rings. The molecule has 0 amide bonds. The summed E-state index contributed by atoms with van der Waals surface area (Å²) in [7, 11) is 5.97. The molecule has 2 atom stereocenters. The third-order valence-corrected chi connectivity index (χ3v) is 14.0. The molecular weight excluding hydrogens is 1020 g/mol. The molecule has 82 heavy (non-hydrogen) atoms. The number of ether oxygens (including phenoxy) is 4. The zero-order valence-electron chi connectivity index (χ0n) is 53.4. The first kappa shape index (κ1) is 77.7. The van der Waals surface area contributed by atoms with Crippen molar-refractivity contribution in [1.82, 2.24) is 0 Å². The number of carboxylic acids is 1. The molecule has 2 unspecified atom stereocenters. The van der Waals surface area contributed by atoms with Gasteiger partial charge in [-0.15, -0.1) is 0 Å². The number of nitrogens with zero attached hydrogens (tertiary/aromatic N) is 1. The Morgan fingerprint density at radius 3 is 1.04 bits per heavy atom. The van der Waals surface area contributed by atoms with E-state index < -0.39 is 24.3 Å². The summed E-state index contributed by atoms with van der Waals surface area (Å²) >= 11 is 0. The Bertz CT molecular complexity index is 1760. The highest BCUT2D eigenvalue weighted by Gasteiger charge is 2.25. The largest absolute Gasteiger partial charge is 0.477 e. The van der Waals surface area contributed by atoms with E-state index in [-0.39, 0.29) is 32.2 Å². The van der Waals surface area contributed by atoms with E-state index in [1.165, 1.54) is 122 Å². The van der Waals surface area contributed by atoms with E-state index in [0.717, 1.165) is 109 Å². The van der Waals surface area contributed by atoms with Crippen molar-refractivity contribution in [1.29, 1.82) is 0 Å². The molecule has 0 radical (unpaired) electrons. The van der Waals surface area contributed by atoms with Gasteiger partial charge in [-0.25, -0.2) is 4.79 Å². The zero-order chi connectivity index (χ0) is 59.8. The molecule has 0 saturated heterocycles. The van der Waals surface area contributed by atoms with Crippen LogP contribution in [0.4, 0.5) is 0 Å². The molecule has 9 nitrogen and oxygen atoms in total. The molecule has 0 spiro atoms. The summed E-state index contributed by atoms with van der Waals surface area (Å²) in [6, 6.07) is 0. The lowest BCUT2D eigenvalue weighted by Gasteiger charge is -2.25. The van der Waals surface area contributed by atoms with Crippen LogP contribution in [0.2, 0.25) is 0 Å². The third kappa shape index (κ3) is 63.3. The summed E-state index contributed by atoms with van der Waals surface area (Å²) in [6.07, 6.45) is 85.8. The number of likely N-dealkylation sites (N-methyl/N-ethyl adjacent to an activating group) is 1. The number of esters is 2. The molecule has 1 N–H and O–H groups in total. The maximum atomic E-state index is 12.9. The molecule has 0 aromatic heterocycles. The van der Waals surface area contributed by atoms with Crippen LogP contribution in [0, 0.1) is 0 Å². The Kier molecular flexibility index (Phi) is 59.4. The fourth-order valence-corrected chi connectivity index (χ4v) is 8.92. The lowest BCUT2D eigenvalue weighted by atomic mass is 10.0. The predicted octanol–water partition coefficient (Wildman–Crippen LogP) is 20.4. The Morgan fingerprint density at radius 1 is 0.378 bits per heavy atom. The number of aliphatic carboxylic acids is 1. The van der Waals surface area contributed by atoms with E-state index in [2.05, 4.69) is 135 Å². The van der Waals surface area contributed by atoms with Crippen LogP contribution in [0.15, 0.2) is 122 Å². The molecule has 0 saturated carbocycles. The second-order valence-corrected chi connectivity index (χ2v) is 23.1. The van der Waals surface area contributed by atoms with Crippen LogP contribution in [0.1, 0.15) is 264 Å². The van der Waals surface area contributed by atoms with Crippen LogP contribution in [0.25, 0.3) is 0 Å². The van der Waals surface area contributed by atoms with Gasteiger partial charge < -0.3 is 28.5 Å². The van der Waals surface area contributed by atoms with E-state index in [1.807, 2.05) is 21.1 Å².